The van der Waals surface area contributed by atoms with Gasteiger partial charge in [-0.05, 0) is 73.6 Å². The first-order valence-corrected chi connectivity index (χ1v) is 13.3. The zero-order valence-corrected chi connectivity index (χ0v) is 22.1. The van der Waals surface area contributed by atoms with E-state index in [-0.39, 0.29) is 5.91 Å². The monoisotopic (exact) mass is 509 g/mol. The fraction of sp³-hybridized carbons (Fsp3) is 0.323. The molecule has 196 valence electrons. The molecule has 4 aromatic rings. The van der Waals surface area contributed by atoms with Crippen molar-refractivity contribution in [3.05, 3.63) is 90.0 Å². The Morgan fingerprint density at radius 2 is 1.61 bits per heavy atom. The van der Waals surface area contributed by atoms with E-state index in [4.69, 9.17) is 14.7 Å². The molecule has 0 aliphatic heterocycles. The van der Waals surface area contributed by atoms with Crippen LogP contribution in [0.25, 0.3) is 10.9 Å². The molecule has 2 N–H and O–H groups in total. The lowest BCUT2D eigenvalue weighted by molar-refractivity contribution is 0.0943. The SMILES string of the molecule is CN(C)c1nc(N[C@H]2CC[C@@H](CNC(=O)c3ccc(OCc4ccccc4)cc3)CC2)nc2ccccc12. The van der Waals surface area contributed by atoms with Gasteiger partial charge in [0.1, 0.15) is 18.2 Å². The number of anilines is 2. The van der Waals surface area contributed by atoms with Crippen LogP contribution in [0.15, 0.2) is 78.9 Å². The molecule has 1 amide bonds. The molecule has 7 nitrogen and oxygen atoms in total. The van der Waals surface area contributed by atoms with Gasteiger partial charge in [-0.2, -0.15) is 4.98 Å². The summed E-state index contributed by atoms with van der Waals surface area (Å²) in [6, 6.07) is 25.8. The lowest BCUT2D eigenvalue weighted by Gasteiger charge is -2.29. The summed E-state index contributed by atoms with van der Waals surface area (Å²) in [5.41, 5.74) is 2.71. The van der Waals surface area contributed by atoms with Crippen LogP contribution in [-0.4, -0.2) is 42.6 Å². The number of ether oxygens (including phenoxy) is 1. The van der Waals surface area contributed by atoms with Crippen molar-refractivity contribution in [3.8, 4) is 5.75 Å². The maximum absolute atomic E-state index is 12.7. The third kappa shape index (κ3) is 6.40. The number of para-hydroxylation sites is 1. The molecule has 0 spiro atoms. The van der Waals surface area contributed by atoms with Crippen molar-refractivity contribution in [2.75, 3.05) is 30.9 Å². The Labute approximate surface area is 224 Å². The van der Waals surface area contributed by atoms with E-state index in [2.05, 4.69) is 16.7 Å². The summed E-state index contributed by atoms with van der Waals surface area (Å²) >= 11 is 0. The summed E-state index contributed by atoms with van der Waals surface area (Å²) in [4.78, 5) is 24.2. The van der Waals surface area contributed by atoms with Gasteiger partial charge in [0.15, 0.2) is 0 Å². The third-order valence-electron chi connectivity index (χ3n) is 7.10. The second-order valence-corrected chi connectivity index (χ2v) is 10.2. The summed E-state index contributed by atoms with van der Waals surface area (Å²) in [6.45, 7) is 1.20. The Morgan fingerprint density at radius 3 is 2.34 bits per heavy atom. The first-order valence-electron chi connectivity index (χ1n) is 13.3. The molecule has 1 aliphatic rings. The molecule has 5 rings (SSSR count). The van der Waals surface area contributed by atoms with Gasteiger partial charge in [0.25, 0.3) is 5.91 Å². The number of hydrogen-bond acceptors (Lipinski definition) is 6. The van der Waals surface area contributed by atoms with Crippen molar-refractivity contribution in [1.29, 1.82) is 0 Å². The maximum atomic E-state index is 12.7. The van der Waals surface area contributed by atoms with Crippen LogP contribution in [0.3, 0.4) is 0 Å². The zero-order chi connectivity index (χ0) is 26.3. The molecule has 1 aromatic heterocycles. The molecule has 7 heteroatoms. The number of hydrogen-bond donors (Lipinski definition) is 2. The fourth-order valence-electron chi connectivity index (χ4n) is 4.94. The van der Waals surface area contributed by atoms with Gasteiger partial charge in [-0.3, -0.25) is 4.79 Å². The van der Waals surface area contributed by atoms with Gasteiger partial charge in [-0.25, -0.2) is 4.98 Å². The molecular formula is C31H35N5O2. The van der Waals surface area contributed by atoms with E-state index < -0.39 is 0 Å². The van der Waals surface area contributed by atoms with Crippen molar-refractivity contribution in [1.82, 2.24) is 15.3 Å². The molecule has 38 heavy (non-hydrogen) atoms. The highest BCUT2D eigenvalue weighted by Crippen LogP contribution is 2.28. The number of amides is 1. The normalized spacial score (nSPS) is 17.1. The molecule has 0 radical (unpaired) electrons. The van der Waals surface area contributed by atoms with E-state index in [0.717, 1.165) is 53.7 Å². The first-order chi connectivity index (χ1) is 18.5. The van der Waals surface area contributed by atoms with Crippen molar-refractivity contribution in [2.45, 2.75) is 38.3 Å². The minimum absolute atomic E-state index is 0.0411. The van der Waals surface area contributed by atoms with Crippen LogP contribution in [0.2, 0.25) is 0 Å². The van der Waals surface area contributed by atoms with Crippen LogP contribution in [0.1, 0.15) is 41.6 Å². The van der Waals surface area contributed by atoms with E-state index >= 15 is 0 Å². The molecule has 1 heterocycles. The second-order valence-electron chi connectivity index (χ2n) is 10.2. The lowest BCUT2D eigenvalue weighted by Crippen LogP contribution is -2.34. The summed E-state index contributed by atoms with van der Waals surface area (Å²) in [6.07, 6.45) is 4.17. The van der Waals surface area contributed by atoms with Crippen molar-refractivity contribution >= 4 is 28.6 Å². The maximum Gasteiger partial charge on any atom is 0.251 e. The Morgan fingerprint density at radius 1 is 0.895 bits per heavy atom. The van der Waals surface area contributed by atoms with Crippen LogP contribution < -0.4 is 20.3 Å². The molecule has 3 aromatic carbocycles. The van der Waals surface area contributed by atoms with E-state index in [9.17, 15) is 4.79 Å². The summed E-state index contributed by atoms with van der Waals surface area (Å²) in [7, 11) is 4.01. The summed E-state index contributed by atoms with van der Waals surface area (Å²) in [5.74, 6) is 2.79. The molecule has 0 atom stereocenters. The quantitative estimate of drug-likeness (QED) is 0.302. The Balaban J connectivity index is 1.08. The summed E-state index contributed by atoms with van der Waals surface area (Å²) in [5, 5.41) is 7.73. The molecule has 1 aliphatic carbocycles. The number of nitrogens with zero attached hydrogens (tertiary/aromatic N) is 3. The van der Waals surface area contributed by atoms with E-state index in [0.29, 0.717) is 36.6 Å². The molecule has 0 saturated heterocycles. The van der Waals surface area contributed by atoms with Gasteiger partial charge < -0.3 is 20.3 Å². The molecule has 1 saturated carbocycles. The Kier molecular flexibility index (Phi) is 8.02. The highest BCUT2D eigenvalue weighted by molar-refractivity contribution is 5.94. The number of aromatic nitrogens is 2. The van der Waals surface area contributed by atoms with Gasteiger partial charge in [-0.15, -0.1) is 0 Å². The van der Waals surface area contributed by atoms with Crippen LogP contribution in [0, 0.1) is 5.92 Å². The predicted octanol–water partition coefficient (Wildman–Crippen LogP) is 5.68. The lowest BCUT2D eigenvalue weighted by atomic mass is 9.86. The minimum Gasteiger partial charge on any atom is -0.489 e. The number of nitrogens with one attached hydrogen (secondary N) is 2. The smallest absolute Gasteiger partial charge is 0.251 e. The Hall–Kier alpha value is -4.13. The fourth-order valence-corrected chi connectivity index (χ4v) is 4.94. The zero-order valence-electron chi connectivity index (χ0n) is 22.1. The topological polar surface area (TPSA) is 79.4 Å². The van der Waals surface area contributed by atoms with E-state index in [1.807, 2.05) is 91.8 Å². The van der Waals surface area contributed by atoms with Gasteiger partial charge in [0.05, 0.1) is 5.52 Å². The number of carbonyl (C=O) groups is 1. The number of fused-ring (bicyclic) bond motifs is 1. The number of benzene rings is 3. The van der Waals surface area contributed by atoms with Crippen LogP contribution >= 0.6 is 0 Å². The number of rotatable bonds is 9. The largest absolute Gasteiger partial charge is 0.489 e. The van der Waals surface area contributed by atoms with Crippen LogP contribution in [0.4, 0.5) is 11.8 Å². The van der Waals surface area contributed by atoms with Crippen molar-refractivity contribution in [3.63, 3.8) is 0 Å². The van der Waals surface area contributed by atoms with Crippen molar-refractivity contribution < 1.29 is 9.53 Å². The van der Waals surface area contributed by atoms with Crippen LogP contribution in [0.5, 0.6) is 5.75 Å². The average molecular weight is 510 g/mol. The average Bonchev–Trinajstić information content (AvgIpc) is 2.96. The predicted molar refractivity (Wildman–Crippen MR) is 153 cm³/mol. The second kappa shape index (κ2) is 11.9. The van der Waals surface area contributed by atoms with E-state index in [1.165, 1.54) is 0 Å². The van der Waals surface area contributed by atoms with Gasteiger partial charge in [0, 0.05) is 37.6 Å². The molecule has 0 bridgehead atoms. The van der Waals surface area contributed by atoms with Crippen LogP contribution in [-0.2, 0) is 6.61 Å². The molecule has 0 unspecified atom stereocenters. The van der Waals surface area contributed by atoms with Gasteiger partial charge in [0.2, 0.25) is 5.95 Å². The Bertz CT molecular complexity index is 1350. The highest BCUT2D eigenvalue weighted by Gasteiger charge is 2.23. The van der Waals surface area contributed by atoms with Gasteiger partial charge >= 0.3 is 0 Å². The summed E-state index contributed by atoms with van der Waals surface area (Å²) < 4.78 is 5.82. The van der Waals surface area contributed by atoms with Crippen molar-refractivity contribution in [2.24, 2.45) is 5.92 Å². The third-order valence-corrected chi connectivity index (χ3v) is 7.10. The molecular weight excluding hydrogens is 474 g/mol. The highest BCUT2D eigenvalue weighted by atomic mass is 16.5. The van der Waals surface area contributed by atoms with Gasteiger partial charge in [-0.1, -0.05) is 42.5 Å². The first kappa shape index (κ1) is 25.5. The standard InChI is InChI=1S/C31H35N5O2/c1-36(2)29-27-10-6-7-11-28(27)34-31(35-29)33-25-16-12-22(13-17-25)20-32-30(37)24-14-18-26(19-15-24)38-21-23-8-4-3-5-9-23/h3-11,14-15,18-19,22,25H,12-13,16-17,20-21H2,1-2H3,(H,32,37)(H,33,34,35)/t22-,25+. The number of carbonyl (C=O) groups excluding carboxylic acids is 1. The minimum atomic E-state index is -0.0411. The molecule has 1 fully saturated rings. The van der Waals surface area contributed by atoms with E-state index in [1.54, 1.807) is 0 Å².